The van der Waals surface area contributed by atoms with E-state index in [1.165, 1.54) is 0 Å². The van der Waals surface area contributed by atoms with Gasteiger partial charge in [-0.15, -0.1) is 0 Å². The van der Waals surface area contributed by atoms with E-state index in [1.54, 1.807) is 0 Å². The lowest BCUT2D eigenvalue weighted by Crippen LogP contribution is -2.45. The standard InChI is InChI=1S/C20H39N3O3S/c1-16(2)14-21-18-6-10-23(11-7-18)20(24)5-4-17(3)15-22-19-8-12-27(25,26)13-9-19/h16-19,21-22H,4-15H2,1-3H3. The van der Waals surface area contributed by atoms with Crippen LogP contribution in [0, 0.1) is 11.8 Å². The number of rotatable bonds is 9. The van der Waals surface area contributed by atoms with E-state index in [0.29, 0.717) is 54.7 Å². The van der Waals surface area contributed by atoms with E-state index in [-0.39, 0.29) is 5.91 Å². The highest BCUT2D eigenvalue weighted by molar-refractivity contribution is 7.91. The molecular weight excluding hydrogens is 362 g/mol. The molecule has 2 aliphatic heterocycles. The molecule has 0 aromatic rings. The molecule has 2 N–H and O–H groups in total. The number of likely N-dealkylation sites (tertiary alicyclic amines) is 1. The van der Waals surface area contributed by atoms with Crippen molar-refractivity contribution in [2.75, 3.05) is 37.7 Å². The normalized spacial score (nSPS) is 22.9. The lowest BCUT2D eigenvalue weighted by atomic mass is 10.0. The minimum atomic E-state index is -2.79. The van der Waals surface area contributed by atoms with Crippen molar-refractivity contribution in [2.45, 2.75) is 71.4 Å². The average Bonchev–Trinajstić information content (AvgIpc) is 2.64. The van der Waals surface area contributed by atoms with Gasteiger partial charge in [0.25, 0.3) is 0 Å². The molecule has 0 aromatic heterocycles. The van der Waals surface area contributed by atoms with Crippen LogP contribution in [0.1, 0.15) is 59.3 Å². The van der Waals surface area contributed by atoms with E-state index < -0.39 is 9.84 Å². The molecule has 2 heterocycles. The molecule has 0 aromatic carbocycles. The first-order valence-corrected chi connectivity index (χ1v) is 12.5. The molecule has 2 rings (SSSR count). The van der Waals surface area contributed by atoms with Crippen LogP contribution in [0.3, 0.4) is 0 Å². The Bertz CT molecular complexity index is 543. The van der Waals surface area contributed by atoms with Crippen LogP contribution in [0.2, 0.25) is 0 Å². The molecule has 6 nitrogen and oxygen atoms in total. The molecule has 1 atom stereocenters. The zero-order valence-electron chi connectivity index (χ0n) is 17.4. The zero-order chi connectivity index (χ0) is 19.9. The molecular formula is C20H39N3O3S. The van der Waals surface area contributed by atoms with Gasteiger partial charge in [-0.1, -0.05) is 20.8 Å². The van der Waals surface area contributed by atoms with Crippen LogP contribution in [0.5, 0.6) is 0 Å². The number of nitrogens with one attached hydrogen (secondary N) is 2. The van der Waals surface area contributed by atoms with E-state index >= 15 is 0 Å². The maximum absolute atomic E-state index is 12.5. The predicted molar refractivity (Wildman–Crippen MR) is 111 cm³/mol. The first kappa shape index (κ1) is 22.6. The lowest BCUT2D eigenvalue weighted by molar-refractivity contribution is -0.132. The van der Waals surface area contributed by atoms with Gasteiger partial charge in [-0.25, -0.2) is 8.42 Å². The van der Waals surface area contributed by atoms with Crippen LogP contribution in [0.4, 0.5) is 0 Å². The summed E-state index contributed by atoms with van der Waals surface area (Å²) in [6.45, 7) is 10.3. The van der Waals surface area contributed by atoms with Gasteiger partial charge in [0.15, 0.2) is 0 Å². The van der Waals surface area contributed by atoms with Gasteiger partial charge in [0.1, 0.15) is 9.84 Å². The first-order chi connectivity index (χ1) is 12.7. The van der Waals surface area contributed by atoms with Crippen LogP contribution in [-0.4, -0.2) is 69.0 Å². The van der Waals surface area contributed by atoms with Crippen LogP contribution < -0.4 is 10.6 Å². The number of nitrogens with zero attached hydrogens (tertiary/aromatic N) is 1. The summed E-state index contributed by atoms with van der Waals surface area (Å²) in [6, 6.07) is 0.864. The third-order valence-electron chi connectivity index (χ3n) is 5.82. The molecule has 2 saturated heterocycles. The summed E-state index contributed by atoms with van der Waals surface area (Å²) in [5.41, 5.74) is 0. The van der Waals surface area contributed by atoms with Gasteiger partial charge in [-0.3, -0.25) is 4.79 Å². The topological polar surface area (TPSA) is 78.5 Å². The summed E-state index contributed by atoms with van der Waals surface area (Å²) >= 11 is 0. The molecule has 0 bridgehead atoms. The second-order valence-corrected chi connectivity index (χ2v) is 11.2. The second kappa shape index (κ2) is 10.8. The average molecular weight is 402 g/mol. The molecule has 0 radical (unpaired) electrons. The highest BCUT2D eigenvalue weighted by Crippen LogP contribution is 2.16. The molecule has 0 spiro atoms. The maximum Gasteiger partial charge on any atom is 0.222 e. The highest BCUT2D eigenvalue weighted by atomic mass is 32.2. The van der Waals surface area contributed by atoms with Crippen LogP contribution in [0.15, 0.2) is 0 Å². The summed E-state index contributed by atoms with van der Waals surface area (Å²) in [6.07, 6.45) is 5.05. The van der Waals surface area contributed by atoms with Gasteiger partial charge in [-0.2, -0.15) is 0 Å². The molecule has 0 aliphatic carbocycles. The monoisotopic (exact) mass is 401 g/mol. The zero-order valence-corrected chi connectivity index (χ0v) is 18.2. The van der Waals surface area contributed by atoms with Crippen molar-refractivity contribution in [1.29, 1.82) is 0 Å². The summed E-state index contributed by atoms with van der Waals surface area (Å²) in [4.78, 5) is 14.5. The van der Waals surface area contributed by atoms with Crippen LogP contribution in [-0.2, 0) is 14.6 Å². The Morgan fingerprint density at radius 1 is 0.963 bits per heavy atom. The number of hydrogen-bond acceptors (Lipinski definition) is 5. The van der Waals surface area contributed by atoms with Gasteiger partial charge in [0.2, 0.25) is 5.91 Å². The van der Waals surface area contributed by atoms with Crippen molar-refractivity contribution in [3.8, 4) is 0 Å². The molecule has 2 aliphatic rings. The molecule has 158 valence electrons. The van der Waals surface area contributed by atoms with Crippen LogP contribution in [0.25, 0.3) is 0 Å². The Kier molecular flexibility index (Phi) is 9.02. The van der Waals surface area contributed by atoms with Gasteiger partial charge in [0, 0.05) is 31.6 Å². The summed E-state index contributed by atoms with van der Waals surface area (Å²) in [5, 5.41) is 7.09. The third-order valence-corrected chi connectivity index (χ3v) is 7.54. The molecule has 0 saturated carbocycles. The summed E-state index contributed by atoms with van der Waals surface area (Å²) in [5.74, 6) is 1.99. The number of carbonyl (C=O) groups is 1. The Balaban J connectivity index is 1.57. The third kappa shape index (κ3) is 8.48. The molecule has 1 unspecified atom stereocenters. The molecule has 2 fully saturated rings. The van der Waals surface area contributed by atoms with Crippen molar-refractivity contribution in [3.05, 3.63) is 0 Å². The van der Waals surface area contributed by atoms with E-state index in [9.17, 15) is 13.2 Å². The Labute approximate surface area is 165 Å². The second-order valence-electron chi connectivity index (χ2n) is 8.94. The Morgan fingerprint density at radius 3 is 2.11 bits per heavy atom. The molecule has 7 heteroatoms. The number of hydrogen-bond donors (Lipinski definition) is 2. The SMILES string of the molecule is CC(C)CNC1CCN(C(=O)CCC(C)CNC2CCS(=O)(=O)CC2)CC1. The summed E-state index contributed by atoms with van der Waals surface area (Å²) in [7, 11) is -2.79. The van der Waals surface area contributed by atoms with Crippen molar-refractivity contribution < 1.29 is 13.2 Å². The van der Waals surface area contributed by atoms with Gasteiger partial charge in [-0.05, 0) is 57.0 Å². The molecule has 1 amide bonds. The van der Waals surface area contributed by atoms with Gasteiger partial charge in [0.05, 0.1) is 11.5 Å². The van der Waals surface area contributed by atoms with E-state index in [0.717, 1.165) is 45.4 Å². The Morgan fingerprint density at radius 2 is 1.52 bits per heavy atom. The highest BCUT2D eigenvalue weighted by Gasteiger charge is 2.24. The lowest BCUT2D eigenvalue weighted by Gasteiger charge is -2.33. The minimum absolute atomic E-state index is 0.285. The van der Waals surface area contributed by atoms with Gasteiger partial charge >= 0.3 is 0 Å². The minimum Gasteiger partial charge on any atom is -0.343 e. The van der Waals surface area contributed by atoms with Crippen molar-refractivity contribution in [3.63, 3.8) is 0 Å². The van der Waals surface area contributed by atoms with E-state index in [1.807, 2.05) is 4.90 Å². The quantitative estimate of drug-likeness (QED) is 0.616. The summed E-state index contributed by atoms with van der Waals surface area (Å²) < 4.78 is 22.9. The fourth-order valence-electron chi connectivity index (χ4n) is 3.83. The number of amides is 1. The van der Waals surface area contributed by atoms with E-state index in [4.69, 9.17) is 0 Å². The fourth-order valence-corrected chi connectivity index (χ4v) is 5.32. The first-order valence-electron chi connectivity index (χ1n) is 10.7. The molecule has 27 heavy (non-hydrogen) atoms. The van der Waals surface area contributed by atoms with Crippen molar-refractivity contribution in [2.24, 2.45) is 11.8 Å². The fraction of sp³-hybridized carbons (Fsp3) is 0.950. The largest absolute Gasteiger partial charge is 0.343 e. The van der Waals surface area contributed by atoms with Crippen LogP contribution >= 0.6 is 0 Å². The smallest absolute Gasteiger partial charge is 0.222 e. The van der Waals surface area contributed by atoms with Crippen molar-refractivity contribution in [1.82, 2.24) is 15.5 Å². The Hall–Kier alpha value is -0.660. The number of sulfone groups is 1. The number of piperidine rings is 1. The van der Waals surface area contributed by atoms with Crippen molar-refractivity contribution >= 4 is 15.7 Å². The number of carbonyl (C=O) groups excluding carboxylic acids is 1. The van der Waals surface area contributed by atoms with Gasteiger partial charge < -0.3 is 15.5 Å². The predicted octanol–water partition coefficient (Wildman–Crippen LogP) is 1.81. The van der Waals surface area contributed by atoms with E-state index in [2.05, 4.69) is 31.4 Å². The maximum atomic E-state index is 12.5.